The first-order chi connectivity index (χ1) is 11.3. The minimum absolute atomic E-state index is 0.0303. The standard InChI is InChI=1S/C21H28N2O/c1-15-10-11-18(16(2)14-15)23-20(24)12-13-22-19-9-7-6-8-17(19)21(3,4)5/h6-11,14,22H,12-13H2,1-5H3,(H,23,24). The zero-order valence-corrected chi connectivity index (χ0v) is 15.4. The van der Waals surface area contributed by atoms with E-state index in [0.717, 1.165) is 16.9 Å². The monoisotopic (exact) mass is 324 g/mol. The first-order valence-electron chi connectivity index (χ1n) is 8.48. The van der Waals surface area contributed by atoms with E-state index in [1.165, 1.54) is 11.1 Å². The molecule has 3 heteroatoms. The number of carbonyl (C=O) groups is 1. The Labute approximate surface area is 145 Å². The van der Waals surface area contributed by atoms with Crippen molar-refractivity contribution in [2.45, 2.75) is 46.5 Å². The molecule has 2 rings (SSSR count). The average molecular weight is 324 g/mol. The smallest absolute Gasteiger partial charge is 0.226 e. The Morgan fingerprint density at radius 3 is 2.38 bits per heavy atom. The molecule has 0 atom stereocenters. The van der Waals surface area contributed by atoms with Crippen molar-refractivity contribution < 1.29 is 4.79 Å². The summed E-state index contributed by atoms with van der Waals surface area (Å²) in [5.74, 6) is 0.0303. The van der Waals surface area contributed by atoms with E-state index in [4.69, 9.17) is 0 Å². The van der Waals surface area contributed by atoms with E-state index in [-0.39, 0.29) is 11.3 Å². The maximum absolute atomic E-state index is 12.2. The van der Waals surface area contributed by atoms with Crippen LogP contribution in [0.25, 0.3) is 0 Å². The van der Waals surface area contributed by atoms with Crippen LogP contribution in [0.2, 0.25) is 0 Å². The van der Waals surface area contributed by atoms with E-state index in [9.17, 15) is 4.79 Å². The maximum atomic E-state index is 12.2. The second-order valence-corrected chi connectivity index (χ2v) is 7.34. The highest BCUT2D eigenvalue weighted by molar-refractivity contribution is 5.91. The molecule has 0 spiro atoms. The van der Waals surface area contributed by atoms with Gasteiger partial charge in [0.25, 0.3) is 0 Å². The molecule has 0 fully saturated rings. The van der Waals surface area contributed by atoms with Crippen molar-refractivity contribution in [2.75, 3.05) is 17.2 Å². The minimum Gasteiger partial charge on any atom is -0.384 e. The van der Waals surface area contributed by atoms with E-state index in [0.29, 0.717) is 13.0 Å². The molecule has 24 heavy (non-hydrogen) atoms. The Morgan fingerprint density at radius 2 is 1.71 bits per heavy atom. The number of benzene rings is 2. The van der Waals surface area contributed by atoms with Gasteiger partial charge in [-0.05, 0) is 42.5 Å². The van der Waals surface area contributed by atoms with Gasteiger partial charge in [-0.25, -0.2) is 0 Å². The van der Waals surface area contributed by atoms with Crippen molar-refractivity contribution >= 4 is 17.3 Å². The predicted molar refractivity (Wildman–Crippen MR) is 103 cm³/mol. The van der Waals surface area contributed by atoms with Crippen LogP contribution in [0.4, 0.5) is 11.4 Å². The molecule has 128 valence electrons. The molecule has 0 aliphatic heterocycles. The summed E-state index contributed by atoms with van der Waals surface area (Å²) < 4.78 is 0. The summed E-state index contributed by atoms with van der Waals surface area (Å²) in [6.45, 7) is 11.3. The van der Waals surface area contributed by atoms with E-state index in [1.54, 1.807) is 0 Å². The van der Waals surface area contributed by atoms with E-state index < -0.39 is 0 Å². The van der Waals surface area contributed by atoms with Crippen LogP contribution in [0.5, 0.6) is 0 Å². The third-order valence-corrected chi connectivity index (χ3v) is 4.06. The molecule has 2 N–H and O–H groups in total. The van der Waals surface area contributed by atoms with Crippen LogP contribution in [0, 0.1) is 13.8 Å². The first kappa shape index (κ1) is 18.1. The third-order valence-electron chi connectivity index (χ3n) is 4.06. The number of aryl methyl sites for hydroxylation is 2. The number of anilines is 2. The molecule has 0 aliphatic carbocycles. The maximum Gasteiger partial charge on any atom is 0.226 e. The summed E-state index contributed by atoms with van der Waals surface area (Å²) in [6.07, 6.45) is 0.436. The van der Waals surface area contributed by atoms with Gasteiger partial charge in [0.05, 0.1) is 0 Å². The fourth-order valence-electron chi connectivity index (χ4n) is 2.77. The molecule has 0 saturated carbocycles. The zero-order valence-electron chi connectivity index (χ0n) is 15.4. The molecule has 0 unspecified atom stereocenters. The molecule has 0 bridgehead atoms. The number of nitrogens with one attached hydrogen (secondary N) is 2. The van der Waals surface area contributed by atoms with E-state index in [1.807, 2.05) is 25.1 Å². The van der Waals surface area contributed by atoms with Crippen LogP contribution in [-0.2, 0) is 10.2 Å². The van der Waals surface area contributed by atoms with Gasteiger partial charge in [0.1, 0.15) is 0 Å². The number of rotatable bonds is 5. The van der Waals surface area contributed by atoms with Crippen LogP contribution >= 0.6 is 0 Å². The van der Waals surface area contributed by atoms with Gasteiger partial charge in [0.15, 0.2) is 0 Å². The van der Waals surface area contributed by atoms with Crippen molar-refractivity contribution in [3.05, 3.63) is 59.2 Å². The molecule has 0 aromatic heterocycles. The van der Waals surface area contributed by atoms with Gasteiger partial charge in [-0.3, -0.25) is 4.79 Å². The number of hydrogen-bond acceptors (Lipinski definition) is 2. The van der Waals surface area contributed by atoms with Gasteiger partial charge in [-0.15, -0.1) is 0 Å². The Morgan fingerprint density at radius 1 is 1.00 bits per heavy atom. The van der Waals surface area contributed by atoms with Crippen molar-refractivity contribution in [3.63, 3.8) is 0 Å². The molecular weight excluding hydrogens is 296 g/mol. The Balaban J connectivity index is 1.92. The highest BCUT2D eigenvalue weighted by atomic mass is 16.1. The molecule has 0 aliphatic rings. The van der Waals surface area contributed by atoms with E-state index >= 15 is 0 Å². The first-order valence-corrected chi connectivity index (χ1v) is 8.48. The molecule has 1 amide bonds. The van der Waals surface area contributed by atoms with Crippen LogP contribution in [0.1, 0.15) is 43.9 Å². The average Bonchev–Trinajstić information content (AvgIpc) is 2.49. The number of hydrogen-bond donors (Lipinski definition) is 2. The van der Waals surface area contributed by atoms with Crippen molar-refractivity contribution in [1.82, 2.24) is 0 Å². The second kappa shape index (κ2) is 7.52. The summed E-state index contributed by atoms with van der Waals surface area (Å²) in [4.78, 5) is 12.2. The van der Waals surface area contributed by atoms with Crippen molar-refractivity contribution in [1.29, 1.82) is 0 Å². The largest absolute Gasteiger partial charge is 0.384 e. The van der Waals surface area contributed by atoms with Crippen molar-refractivity contribution in [2.24, 2.45) is 0 Å². The molecule has 2 aromatic carbocycles. The van der Waals surface area contributed by atoms with Crippen LogP contribution < -0.4 is 10.6 Å². The molecule has 2 aromatic rings. The highest BCUT2D eigenvalue weighted by Gasteiger charge is 2.17. The summed E-state index contributed by atoms with van der Waals surface area (Å²) >= 11 is 0. The second-order valence-electron chi connectivity index (χ2n) is 7.34. The number of para-hydroxylation sites is 1. The lowest BCUT2D eigenvalue weighted by atomic mass is 9.86. The van der Waals surface area contributed by atoms with Crippen molar-refractivity contribution in [3.8, 4) is 0 Å². The molecule has 0 heterocycles. The zero-order chi connectivity index (χ0) is 17.7. The van der Waals surface area contributed by atoms with Gasteiger partial charge < -0.3 is 10.6 Å². The SMILES string of the molecule is Cc1ccc(NC(=O)CCNc2ccccc2C(C)(C)C)c(C)c1. The molecular formula is C21H28N2O. The van der Waals surface area contributed by atoms with Gasteiger partial charge in [-0.2, -0.15) is 0 Å². The normalized spacial score (nSPS) is 11.2. The summed E-state index contributed by atoms with van der Waals surface area (Å²) in [5.41, 5.74) is 5.62. The summed E-state index contributed by atoms with van der Waals surface area (Å²) in [5, 5.41) is 6.39. The van der Waals surface area contributed by atoms with Gasteiger partial charge in [-0.1, -0.05) is 56.7 Å². The third kappa shape index (κ3) is 4.85. The lowest BCUT2D eigenvalue weighted by Crippen LogP contribution is -2.19. The van der Waals surface area contributed by atoms with Crippen LogP contribution in [0.3, 0.4) is 0 Å². The fourth-order valence-corrected chi connectivity index (χ4v) is 2.77. The minimum atomic E-state index is 0.0303. The number of carbonyl (C=O) groups excluding carboxylic acids is 1. The quantitative estimate of drug-likeness (QED) is 0.809. The lowest BCUT2D eigenvalue weighted by Gasteiger charge is -2.23. The van der Waals surface area contributed by atoms with Gasteiger partial charge in [0.2, 0.25) is 5.91 Å². The van der Waals surface area contributed by atoms with Gasteiger partial charge in [0, 0.05) is 24.3 Å². The predicted octanol–water partition coefficient (Wildman–Crippen LogP) is 5.04. The Hall–Kier alpha value is -2.29. The highest BCUT2D eigenvalue weighted by Crippen LogP contribution is 2.29. The van der Waals surface area contributed by atoms with Crippen LogP contribution in [-0.4, -0.2) is 12.5 Å². The summed E-state index contributed by atoms with van der Waals surface area (Å²) in [7, 11) is 0. The Kier molecular flexibility index (Phi) is 5.66. The Bertz CT molecular complexity index is 714. The topological polar surface area (TPSA) is 41.1 Å². The van der Waals surface area contributed by atoms with E-state index in [2.05, 4.69) is 62.6 Å². The van der Waals surface area contributed by atoms with Gasteiger partial charge >= 0.3 is 0 Å². The van der Waals surface area contributed by atoms with Crippen LogP contribution in [0.15, 0.2) is 42.5 Å². The molecule has 0 radical (unpaired) electrons. The number of amides is 1. The summed E-state index contributed by atoms with van der Waals surface area (Å²) in [6, 6.07) is 14.3. The molecule has 0 saturated heterocycles. The fraction of sp³-hybridized carbons (Fsp3) is 0.381. The molecule has 3 nitrogen and oxygen atoms in total. The lowest BCUT2D eigenvalue weighted by molar-refractivity contribution is -0.115.